The van der Waals surface area contributed by atoms with E-state index in [0.29, 0.717) is 31.6 Å². The zero-order chi connectivity index (χ0) is 17.6. The van der Waals surface area contributed by atoms with Crippen LogP contribution in [-0.4, -0.2) is 48.2 Å². The van der Waals surface area contributed by atoms with E-state index in [4.69, 9.17) is 9.84 Å². The molecule has 0 aromatic heterocycles. The normalized spacial score (nSPS) is 16.2. The number of nitrogens with one attached hydrogen (secondary N) is 2. The van der Waals surface area contributed by atoms with Crippen LogP contribution in [0.25, 0.3) is 0 Å². The Morgan fingerprint density at radius 3 is 2.58 bits per heavy atom. The highest BCUT2D eigenvalue weighted by Crippen LogP contribution is 2.24. The first kappa shape index (κ1) is 18.4. The average Bonchev–Trinajstić information content (AvgIpc) is 2.52. The number of carbonyl (C=O) groups excluding carboxylic acids is 2. The third kappa shape index (κ3) is 5.31. The van der Waals surface area contributed by atoms with E-state index in [1.54, 1.807) is 24.3 Å². The summed E-state index contributed by atoms with van der Waals surface area (Å²) in [5.74, 6) is -1.76. The van der Waals surface area contributed by atoms with Gasteiger partial charge >= 0.3 is 5.97 Å². The SMILES string of the molecule is O=C(O)CC1(NC(=O)CNC(=O)c2cccc(Br)c2)CCOCC1. The first-order chi connectivity index (χ1) is 11.4. The van der Waals surface area contributed by atoms with Gasteiger partial charge in [-0.25, -0.2) is 0 Å². The molecule has 1 aliphatic heterocycles. The predicted octanol–water partition coefficient (Wildman–Crippen LogP) is 1.32. The Morgan fingerprint density at radius 1 is 1.25 bits per heavy atom. The van der Waals surface area contributed by atoms with E-state index in [1.165, 1.54) is 0 Å². The van der Waals surface area contributed by atoms with Crippen molar-refractivity contribution in [3.63, 3.8) is 0 Å². The summed E-state index contributed by atoms with van der Waals surface area (Å²) >= 11 is 3.28. The molecule has 24 heavy (non-hydrogen) atoms. The maximum atomic E-state index is 12.1. The fourth-order valence-electron chi connectivity index (χ4n) is 2.63. The molecule has 0 saturated carbocycles. The van der Waals surface area contributed by atoms with E-state index in [-0.39, 0.29) is 18.9 Å². The fraction of sp³-hybridized carbons (Fsp3) is 0.438. The molecule has 2 amide bonds. The summed E-state index contributed by atoms with van der Waals surface area (Å²) in [5, 5.41) is 14.4. The zero-order valence-electron chi connectivity index (χ0n) is 13.0. The summed E-state index contributed by atoms with van der Waals surface area (Å²) in [6, 6.07) is 6.81. The summed E-state index contributed by atoms with van der Waals surface area (Å²) < 4.78 is 6.00. The molecule has 1 heterocycles. The van der Waals surface area contributed by atoms with E-state index < -0.39 is 17.4 Å². The standard InChI is InChI=1S/C16H19BrN2O5/c17-12-3-1-2-11(8-12)15(23)18-10-13(20)19-16(9-14(21)22)4-6-24-7-5-16/h1-3,8H,4-7,9-10H2,(H,18,23)(H,19,20)(H,21,22). The van der Waals surface area contributed by atoms with E-state index in [1.807, 2.05) is 0 Å². The van der Waals surface area contributed by atoms with Crippen LogP contribution in [-0.2, 0) is 14.3 Å². The summed E-state index contributed by atoms with van der Waals surface area (Å²) in [6.07, 6.45) is 0.705. The van der Waals surface area contributed by atoms with Crippen molar-refractivity contribution in [2.45, 2.75) is 24.8 Å². The quantitative estimate of drug-likeness (QED) is 0.669. The van der Waals surface area contributed by atoms with Crippen LogP contribution in [0.4, 0.5) is 0 Å². The lowest BCUT2D eigenvalue weighted by Gasteiger charge is -2.36. The number of carboxylic acids is 1. The first-order valence-electron chi connectivity index (χ1n) is 7.54. The maximum Gasteiger partial charge on any atom is 0.305 e. The highest BCUT2D eigenvalue weighted by atomic mass is 79.9. The van der Waals surface area contributed by atoms with Crippen LogP contribution in [0.1, 0.15) is 29.6 Å². The number of rotatable bonds is 6. The Bertz CT molecular complexity index is 629. The van der Waals surface area contributed by atoms with Gasteiger partial charge in [-0.05, 0) is 31.0 Å². The molecule has 1 fully saturated rings. The second-order valence-electron chi connectivity index (χ2n) is 5.70. The molecule has 7 nitrogen and oxygen atoms in total. The van der Waals surface area contributed by atoms with Gasteiger partial charge in [-0.1, -0.05) is 22.0 Å². The van der Waals surface area contributed by atoms with Gasteiger partial charge in [-0.15, -0.1) is 0 Å². The van der Waals surface area contributed by atoms with Crippen molar-refractivity contribution in [2.75, 3.05) is 19.8 Å². The first-order valence-corrected chi connectivity index (χ1v) is 8.34. The minimum atomic E-state index is -0.977. The van der Waals surface area contributed by atoms with E-state index in [9.17, 15) is 14.4 Å². The molecule has 1 aliphatic rings. The molecule has 0 bridgehead atoms. The smallest absolute Gasteiger partial charge is 0.305 e. The summed E-state index contributed by atoms with van der Waals surface area (Å²) in [5.41, 5.74) is -0.384. The molecule has 3 N–H and O–H groups in total. The molecule has 1 aromatic carbocycles. The van der Waals surface area contributed by atoms with Crippen LogP contribution < -0.4 is 10.6 Å². The highest BCUT2D eigenvalue weighted by molar-refractivity contribution is 9.10. The Morgan fingerprint density at radius 2 is 1.96 bits per heavy atom. The summed E-state index contributed by atoms with van der Waals surface area (Å²) in [6.45, 7) is 0.587. The molecule has 1 aromatic rings. The van der Waals surface area contributed by atoms with Gasteiger partial charge in [-0.3, -0.25) is 14.4 Å². The molecule has 8 heteroatoms. The third-order valence-electron chi connectivity index (χ3n) is 3.84. The molecule has 2 rings (SSSR count). The van der Waals surface area contributed by atoms with E-state index in [0.717, 1.165) is 4.47 Å². The Hall–Kier alpha value is -1.93. The van der Waals surface area contributed by atoms with Gasteiger partial charge in [0.1, 0.15) is 0 Å². The van der Waals surface area contributed by atoms with Gasteiger partial charge in [0, 0.05) is 23.2 Å². The molecular formula is C16H19BrN2O5. The lowest BCUT2D eigenvalue weighted by molar-refractivity contribution is -0.140. The van der Waals surface area contributed by atoms with Gasteiger partial charge in [-0.2, -0.15) is 0 Å². The number of aliphatic carboxylic acids is 1. The Labute approximate surface area is 147 Å². The van der Waals surface area contributed by atoms with Gasteiger partial charge < -0.3 is 20.5 Å². The molecule has 130 valence electrons. The maximum absolute atomic E-state index is 12.1. The van der Waals surface area contributed by atoms with Gasteiger partial charge in [0.15, 0.2) is 0 Å². The minimum absolute atomic E-state index is 0.165. The summed E-state index contributed by atoms with van der Waals surface area (Å²) in [7, 11) is 0. The van der Waals surface area contributed by atoms with Crippen molar-refractivity contribution in [3.05, 3.63) is 34.3 Å². The number of hydrogen-bond donors (Lipinski definition) is 3. The van der Waals surface area contributed by atoms with Crippen molar-refractivity contribution in [2.24, 2.45) is 0 Å². The molecule has 0 radical (unpaired) electrons. The number of ether oxygens (including phenoxy) is 1. The van der Waals surface area contributed by atoms with Crippen LogP contribution in [0, 0.1) is 0 Å². The van der Waals surface area contributed by atoms with Crippen LogP contribution >= 0.6 is 15.9 Å². The number of hydrogen-bond acceptors (Lipinski definition) is 4. The van der Waals surface area contributed by atoms with E-state index >= 15 is 0 Å². The molecule has 1 saturated heterocycles. The average molecular weight is 399 g/mol. The monoisotopic (exact) mass is 398 g/mol. The van der Waals surface area contributed by atoms with Crippen LogP contribution in [0.5, 0.6) is 0 Å². The van der Waals surface area contributed by atoms with Crippen molar-refractivity contribution >= 4 is 33.7 Å². The van der Waals surface area contributed by atoms with Crippen LogP contribution in [0.3, 0.4) is 0 Å². The second-order valence-corrected chi connectivity index (χ2v) is 6.62. The Balaban J connectivity index is 1.91. The van der Waals surface area contributed by atoms with Crippen molar-refractivity contribution < 1.29 is 24.2 Å². The van der Waals surface area contributed by atoms with Gasteiger partial charge in [0.05, 0.1) is 18.5 Å². The second kappa shape index (κ2) is 8.25. The number of carboxylic acid groups (broad SMARTS) is 1. The molecule has 0 atom stereocenters. The van der Waals surface area contributed by atoms with Crippen molar-refractivity contribution in [1.82, 2.24) is 10.6 Å². The zero-order valence-corrected chi connectivity index (χ0v) is 14.6. The number of halogens is 1. The van der Waals surface area contributed by atoms with Crippen LogP contribution in [0.2, 0.25) is 0 Å². The molecule has 0 unspecified atom stereocenters. The lowest BCUT2D eigenvalue weighted by Crippen LogP contribution is -2.55. The van der Waals surface area contributed by atoms with Crippen LogP contribution in [0.15, 0.2) is 28.7 Å². The van der Waals surface area contributed by atoms with Gasteiger partial charge in [0.2, 0.25) is 5.91 Å². The highest BCUT2D eigenvalue weighted by Gasteiger charge is 2.36. The van der Waals surface area contributed by atoms with Crippen molar-refractivity contribution in [1.29, 1.82) is 0 Å². The molecular weight excluding hydrogens is 380 g/mol. The predicted molar refractivity (Wildman–Crippen MR) is 89.7 cm³/mol. The summed E-state index contributed by atoms with van der Waals surface area (Å²) in [4.78, 5) is 35.2. The van der Waals surface area contributed by atoms with Gasteiger partial charge in [0.25, 0.3) is 5.91 Å². The minimum Gasteiger partial charge on any atom is -0.481 e. The van der Waals surface area contributed by atoms with E-state index in [2.05, 4.69) is 26.6 Å². The largest absolute Gasteiger partial charge is 0.481 e. The number of benzene rings is 1. The number of carbonyl (C=O) groups is 3. The Kier molecular flexibility index (Phi) is 6.33. The van der Waals surface area contributed by atoms with Crippen molar-refractivity contribution in [3.8, 4) is 0 Å². The molecule has 0 spiro atoms. The fourth-order valence-corrected chi connectivity index (χ4v) is 3.03. The third-order valence-corrected chi connectivity index (χ3v) is 4.33. The molecule has 0 aliphatic carbocycles. The number of amides is 2. The lowest BCUT2D eigenvalue weighted by atomic mass is 9.86. The topological polar surface area (TPSA) is 105 Å².